The second-order valence-corrected chi connectivity index (χ2v) is 5.06. The van der Waals surface area contributed by atoms with E-state index in [-0.39, 0.29) is 16.5 Å². The number of hydrogen-bond donors (Lipinski definition) is 1. The number of hydrogen-bond acceptors (Lipinski definition) is 7. The lowest BCUT2D eigenvalue weighted by Crippen LogP contribution is -2.14. The molecule has 0 amide bonds. The highest BCUT2D eigenvalue weighted by atomic mass is 32.2. The molecule has 1 aromatic heterocycles. The molecule has 0 aliphatic carbocycles. The van der Waals surface area contributed by atoms with Crippen LogP contribution in [0.5, 0.6) is 0 Å². The van der Waals surface area contributed by atoms with Crippen LogP contribution in [-0.2, 0) is 10.0 Å². The lowest BCUT2D eigenvalue weighted by molar-refractivity contribution is -0.384. The van der Waals surface area contributed by atoms with Gasteiger partial charge in [0.25, 0.3) is 15.7 Å². The maximum Gasteiger partial charge on any atom is 0.271 e. The van der Waals surface area contributed by atoms with E-state index in [1.165, 1.54) is 0 Å². The number of nitrogen functional groups attached to an aromatic ring is 1. The first-order chi connectivity index (χ1) is 8.43. The Labute approximate surface area is 101 Å². The van der Waals surface area contributed by atoms with Crippen LogP contribution in [0.3, 0.4) is 0 Å². The van der Waals surface area contributed by atoms with Crippen molar-refractivity contribution < 1.29 is 13.3 Å². The highest BCUT2D eigenvalue weighted by Crippen LogP contribution is 2.19. The predicted molar refractivity (Wildman–Crippen MR) is 60.1 cm³/mol. The Kier molecular flexibility index (Phi) is 2.71. The molecule has 0 aliphatic rings. The van der Waals surface area contributed by atoms with Gasteiger partial charge in [0.1, 0.15) is 6.33 Å². The number of nitrogens with two attached hydrogens (primary N) is 1. The monoisotopic (exact) mass is 269 g/mol. The molecule has 2 aromatic rings. The van der Waals surface area contributed by atoms with Crippen LogP contribution in [0.25, 0.3) is 0 Å². The highest BCUT2D eigenvalue weighted by Gasteiger charge is 2.20. The van der Waals surface area contributed by atoms with Crippen molar-refractivity contribution in [3.05, 3.63) is 40.7 Å². The zero-order chi connectivity index (χ0) is 13.3. The number of rotatable bonds is 3. The number of non-ortho nitro benzene ring substituents is 1. The molecular formula is C8H7N5O4S. The van der Waals surface area contributed by atoms with E-state index in [1.54, 1.807) is 0 Å². The van der Waals surface area contributed by atoms with Crippen molar-refractivity contribution in [2.45, 2.75) is 4.90 Å². The number of anilines is 1. The average Bonchev–Trinajstić information content (AvgIpc) is 2.76. The standard InChI is InChI=1S/C8H7N5O4S/c9-8-11-10-5-12(8)18(16,17)7-3-1-6(2-4-7)13(14)15/h1-5H,(H2,9,11). The number of aromatic nitrogens is 3. The topological polar surface area (TPSA) is 134 Å². The number of benzene rings is 1. The predicted octanol–water partition coefficient (Wildman–Crippen LogP) is 0.00550. The summed E-state index contributed by atoms with van der Waals surface area (Å²) in [4.78, 5) is 9.69. The second-order valence-electron chi connectivity index (χ2n) is 3.24. The molecule has 0 radical (unpaired) electrons. The molecule has 0 aliphatic heterocycles. The van der Waals surface area contributed by atoms with E-state index in [4.69, 9.17) is 5.73 Å². The normalized spacial score (nSPS) is 11.3. The third-order valence-corrected chi connectivity index (χ3v) is 3.81. The van der Waals surface area contributed by atoms with Gasteiger partial charge in [-0.25, -0.2) is 8.42 Å². The minimum absolute atomic E-state index is 0.139. The summed E-state index contributed by atoms with van der Waals surface area (Å²) < 4.78 is 24.7. The summed E-state index contributed by atoms with van der Waals surface area (Å²) in [5.41, 5.74) is 5.14. The molecule has 0 atom stereocenters. The molecule has 1 aromatic carbocycles. The van der Waals surface area contributed by atoms with Crippen molar-refractivity contribution in [2.75, 3.05) is 5.73 Å². The molecule has 0 bridgehead atoms. The molecule has 0 saturated carbocycles. The van der Waals surface area contributed by atoms with Crippen LogP contribution in [0.15, 0.2) is 35.5 Å². The van der Waals surface area contributed by atoms with Crippen LogP contribution in [0.1, 0.15) is 0 Å². The van der Waals surface area contributed by atoms with Crippen molar-refractivity contribution in [2.24, 2.45) is 0 Å². The molecule has 1 heterocycles. The average molecular weight is 269 g/mol. The van der Waals surface area contributed by atoms with Crippen LogP contribution in [0.4, 0.5) is 11.6 Å². The Bertz CT molecular complexity index is 691. The lowest BCUT2D eigenvalue weighted by Gasteiger charge is -2.05. The zero-order valence-corrected chi connectivity index (χ0v) is 9.61. The highest BCUT2D eigenvalue weighted by molar-refractivity contribution is 7.90. The zero-order valence-electron chi connectivity index (χ0n) is 8.79. The molecule has 0 fully saturated rings. The second kappa shape index (κ2) is 4.07. The van der Waals surface area contributed by atoms with E-state index in [0.717, 1.165) is 30.6 Å². The van der Waals surface area contributed by atoms with Gasteiger partial charge in [-0.05, 0) is 12.1 Å². The van der Waals surface area contributed by atoms with Gasteiger partial charge in [0.15, 0.2) is 0 Å². The van der Waals surface area contributed by atoms with E-state index in [1.807, 2.05) is 0 Å². The Morgan fingerprint density at radius 2 is 1.89 bits per heavy atom. The van der Waals surface area contributed by atoms with Gasteiger partial charge in [0.05, 0.1) is 9.82 Å². The minimum Gasteiger partial charge on any atom is -0.367 e. The van der Waals surface area contributed by atoms with Crippen molar-refractivity contribution in [1.29, 1.82) is 0 Å². The summed E-state index contributed by atoms with van der Waals surface area (Å²) in [5.74, 6) is -0.284. The molecule has 0 spiro atoms. The largest absolute Gasteiger partial charge is 0.367 e. The van der Waals surface area contributed by atoms with Crippen LogP contribution in [0.2, 0.25) is 0 Å². The molecule has 10 heteroatoms. The maximum atomic E-state index is 12.0. The van der Waals surface area contributed by atoms with Gasteiger partial charge in [-0.3, -0.25) is 10.1 Å². The van der Waals surface area contributed by atoms with Crippen molar-refractivity contribution in [1.82, 2.24) is 14.2 Å². The Balaban J connectivity index is 2.49. The van der Waals surface area contributed by atoms with Crippen LogP contribution >= 0.6 is 0 Å². The summed E-state index contributed by atoms with van der Waals surface area (Å²) in [5, 5.41) is 17.2. The fourth-order valence-corrected chi connectivity index (χ4v) is 2.43. The Morgan fingerprint density at radius 1 is 1.28 bits per heavy atom. The molecule has 0 saturated heterocycles. The van der Waals surface area contributed by atoms with Gasteiger partial charge in [0.2, 0.25) is 5.95 Å². The van der Waals surface area contributed by atoms with E-state index in [9.17, 15) is 18.5 Å². The molecule has 2 rings (SSSR count). The first-order valence-electron chi connectivity index (χ1n) is 4.58. The van der Waals surface area contributed by atoms with Crippen molar-refractivity contribution >= 4 is 21.7 Å². The smallest absolute Gasteiger partial charge is 0.271 e. The third kappa shape index (κ3) is 1.88. The minimum atomic E-state index is -3.92. The van der Waals surface area contributed by atoms with Gasteiger partial charge in [-0.2, -0.15) is 3.97 Å². The SMILES string of the molecule is Nc1nncn1S(=O)(=O)c1ccc([N+](=O)[O-])cc1. The van der Waals surface area contributed by atoms with Gasteiger partial charge < -0.3 is 5.73 Å². The number of nitro benzene ring substituents is 1. The van der Waals surface area contributed by atoms with Gasteiger partial charge >= 0.3 is 0 Å². The molecular weight excluding hydrogens is 262 g/mol. The summed E-state index contributed by atoms with van der Waals surface area (Å²) >= 11 is 0. The van der Waals surface area contributed by atoms with Gasteiger partial charge in [0, 0.05) is 12.1 Å². The van der Waals surface area contributed by atoms with Crippen LogP contribution in [0, 0.1) is 10.1 Å². The van der Waals surface area contributed by atoms with E-state index in [0.29, 0.717) is 3.97 Å². The maximum absolute atomic E-state index is 12.0. The van der Waals surface area contributed by atoms with E-state index < -0.39 is 14.9 Å². The van der Waals surface area contributed by atoms with Crippen LogP contribution in [-0.4, -0.2) is 27.5 Å². The lowest BCUT2D eigenvalue weighted by atomic mass is 10.3. The number of nitro groups is 1. The fourth-order valence-electron chi connectivity index (χ4n) is 1.27. The summed E-state index contributed by atoms with van der Waals surface area (Å²) in [7, 11) is -3.92. The molecule has 18 heavy (non-hydrogen) atoms. The van der Waals surface area contributed by atoms with E-state index >= 15 is 0 Å². The van der Waals surface area contributed by atoms with Gasteiger partial charge in [-0.1, -0.05) is 0 Å². The van der Waals surface area contributed by atoms with Crippen molar-refractivity contribution in [3.63, 3.8) is 0 Å². The summed E-state index contributed by atoms with van der Waals surface area (Å²) in [6.07, 6.45) is 0.950. The summed E-state index contributed by atoms with van der Waals surface area (Å²) in [6.45, 7) is 0. The first-order valence-corrected chi connectivity index (χ1v) is 6.02. The molecule has 9 nitrogen and oxygen atoms in total. The molecule has 94 valence electrons. The fraction of sp³-hybridized carbons (Fsp3) is 0. The van der Waals surface area contributed by atoms with Crippen molar-refractivity contribution in [3.8, 4) is 0 Å². The van der Waals surface area contributed by atoms with Crippen LogP contribution < -0.4 is 5.73 Å². The molecule has 0 unspecified atom stereocenters. The van der Waals surface area contributed by atoms with Gasteiger partial charge in [-0.15, -0.1) is 10.2 Å². The third-order valence-electron chi connectivity index (χ3n) is 2.15. The quantitative estimate of drug-likeness (QED) is 0.612. The molecule has 2 N–H and O–H groups in total. The first kappa shape index (κ1) is 12.0. The summed E-state index contributed by atoms with van der Waals surface area (Å²) in [6, 6.07) is 4.42. The Hall–Kier alpha value is -2.49. The van der Waals surface area contributed by atoms with E-state index in [2.05, 4.69) is 10.2 Å². The Morgan fingerprint density at radius 3 is 2.33 bits per heavy atom. The number of nitrogens with zero attached hydrogens (tertiary/aromatic N) is 4.